The number of phenols is 1. The minimum Gasteiger partial charge on any atom is -0.508 e. The molecule has 2 nitrogen and oxygen atoms in total. The van der Waals surface area contributed by atoms with Crippen LogP contribution in [0.2, 0.25) is 0 Å². The van der Waals surface area contributed by atoms with E-state index in [-0.39, 0.29) is 11.7 Å². The van der Waals surface area contributed by atoms with Crippen LogP contribution in [0.1, 0.15) is 37.4 Å². The van der Waals surface area contributed by atoms with E-state index in [0.29, 0.717) is 5.56 Å². The summed E-state index contributed by atoms with van der Waals surface area (Å²) in [4.78, 5) is 0. The fraction of sp³-hybridized carbons (Fsp3) is 0.571. The summed E-state index contributed by atoms with van der Waals surface area (Å²) in [5.74, 6) is 0.233. The molecule has 1 fully saturated rings. The highest BCUT2D eigenvalue weighted by Gasteiger charge is 2.33. The Kier molecular flexibility index (Phi) is 4.34. The molecule has 1 aliphatic rings. The van der Waals surface area contributed by atoms with E-state index in [1.54, 1.807) is 12.1 Å². The molecule has 19 heavy (non-hydrogen) atoms. The summed E-state index contributed by atoms with van der Waals surface area (Å²) in [6, 6.07) is 6.23. The molecule has 1 aliphatic carbocycles. The summed E-state index contributed by atoms with van der Waals surface area (Å²) in [6.07, 6.45) is -0.992. The molecule has 0 aliphatic heterocycles. The highest BCUT2D eigenvalue weighted by molar-refractivity contribution is 5.27. The first kappa shape index (κ1) is 14.2. The van der Waals surface area contributed by atoms with Gasteiger partial charge in [0.2, 0.25) is 0 Å². The molecule has 0 saturated heterocycles. The minimum atomic E-state index is -4.31. The number of benzene rings is 1. The SMILES string of the molecule is Oc1ccc(C(OCC(F)(F)F)C2CCCC2)cc1. The standard InChI is InChI=1S/C14H17F3O2/c15-14(16,17)9-19-13(10-3-1-2-4-10)11-5-7-12(18)8-6-11/h5-8,10,13,18H,1-4,9H2. The molecule has 1 aromatic rings. The predicted molar refractivity (Wildman–Crippen MR) is 64.8 cm³/mol. The van der Waals surface area contributed by atoms with Crippen molar-refractivity contribution >= 4 is 0 Å². The van der Waals surface area contributed by atoms with Gasteiger partial charge >= 0.3 is 6.18 Å². The second kappa shape index (κ2) is 5.82. The van der Waals surface area contributed by atoms with Crippen molar-refractivity contribution in [3.8, 4) is 5.75 Å². The molecule has 1 saturated carbocycles. The van der Waals surface area contributed by atoms with Crippen molar-refractivity contribution < 1.29 is 23.0 Å². The normalized spacial score (nSPS) is 18.7. The number of hydrogen-bond acceptors (Lipinski definition) is 2. The Labute approximate surface area is 110 Å². The second-order valence-electron chi connectivity index (χ2n) is 4.98. The van der Waals surface area contributed by atoms with Crippen LogP contribution in [0.5, 0.6) is 5.75 Å². The minimum absolute atomic E-state index is 0.102. The average Bonchev–Trinajstić information content (AvgIpc) is 2.84. The third kappa shape index (κ3) is 4.13. The van der Waals surface area contributed by atoms with E-state index in [4.69, 9.17) is 4.74 Å². The Morgan fingerprint density at radius 3 is 2.26 bits per heavy atom. The van der Waals surface area contributed by atoms with Gasteiger partial charge in [0, 0.05) is 0 Å². The van der Waals surface area contributed by atoms with E-state index in [0.717, 1.165) is 25.7 Å². The van der Waals surface area contributed by atoms with Crippen molar-refractivity contribution in [1.29, 1.82) is 0 Å². The van der Waals surface area contributed by atoms with Crippen LogP contribution in [0.15, 0.2) is 24.3 Å². The van der Waals surface area contributed by atoms with Gasteiger partial charge in [-0.15, -0.1) is 0 Å². The smallest absolute Gasteiger partial charge is 0.411 e. The Hall–Kier alpha value is -1.23. The number of halogens is 3. The van der Waals surface area contributed by atoms with Crippen LogP contribution in [0.4, 0.5) is 13.2 Å². The molecule has 0 heterocycles. The Morgan fingerprint density at radius 1 is 1.16 bits per heavy atom. The van der Waals surface area contributed by atoms with Crippen LogP contribution in [-0.2, 0) is 4.74 Å². The van der Waals surface area contributed by atoms with E-state index < -0.39 is 18.9 Å². The zero-order valence-electron chi connectivity index (χ0n) is 10.5. The molecule has 0 spiro atoms. The van der Waals surface area contributed by atoms with E-state index >= 15 is 0 Å². The van der Waals surface area contributed by atoms with Crippen LogP contribution in [0, 0.1) is 5.92 Å². The van der Waals surface area contributed by atoms with Crippen LogP contribution in [-0.4, -0.2) is 17.9 Å². The van der Waals surface area contributed by atoms with E-state index in [9.17, 15) is 18.3 Å². The van der Waals surface area contributed by atoms with Crippen LogP contribution in [0.25, 0.3) is 0 Å². The van der Waals surface area contributed by atoms with Crippen molar-refractivity contribution in [2.45, 2.75) is 38.0 Å². The Bertz CT molecular complexity index is 394. The third-order valence-corrected chi connectivity index (χ3v) is 3.48. The monoisotopic (exact) mass is 274 g/mol. The van der Waals surface area contributed by atoms with Crippen molar-refractivity contribution in [3.63, 3.8) is 0 Å². The van der Waals surface area contributed by atoms with Crippen molar-refractivity contribution in [3.05, 3.63) is 29.8 Å². The van der Waals surface area contributed by atoms with Gasteiger partial charge in [0.1, 0.15) is 12.4 Å². The van der Waals surface area contributed by atoms with Gasteiger partial charge in [0.25, 0.3) is 0 Å². The maximum absolute atomic E-state index is 12.3. The lowest BCUT2D eigenvalue weighted by Gasteiger charge is -2.25. The number of aromatic hydroxyl groups is 1. The molecule has 0 bridgehead atoms. The highest BCUT2D eigenvalue weighted by atomic mass is 19.4. The summed E-state index contributed by atoms with van der Waals surface area (Å²) in [7, 11) is 0. The molecule has 5 heteroatoms. The first-order chi connectivity index (χ1) is 8.96. The summed E-state index contributed by atoms with van der Waals surface area (Å²) >= 11 is 0. The largest absolute Gasteiger partial charge is 0.508 e. The van der Waals surface area contributed by atoms with Crippen molar-refractivity contribution in [2.75, 3.05) is 6.61 Å². The fourth-order valence-corrected chi connectivity index (χ4v) is 2.61. The van der Waals surface area contributed by atoms with Crippen molar-refractivity contribution in [2.24, 2.45) is 5.92 Å². The van der Waals surface area contributed by atoms with Gasteiger partial charge in [-0.25, -0.2) is 0 Å². The molecule has 1 N–H and O–H groups in total. The number of alkyl halides is 3. The summed E-state index contributed by atoms with van der Waals surface area (Å²) < 4.78 is 42.1. The molecule has 0 amide bonds. The maximum Gasteiger partial charge on any atom is 0.411 e. The summed E-state index contributed by atoms with van der Waals surface area (Å²) in [6.45, 7) is -1.23. The lowest BCUT2D eigenvalue weighted by Crippen LogP contribution is -2.22. The first-order valence-electron chi connectivity index (χ1n) is 6.43. The average molecular weight is 274 g/mol. The lowest BCUT2D eigenvalue weighted by molar-refractivity contribution is -0.191. The topological polar surface area (TPSA) is 29.5 Å². The fourth-order valence-electron chi connectivity index (χ4n) is 2.61. The Morgan fingerprint density at radius 2 is 1.74 bits per heavy atom. The second-order valence-corrected chi connectivity index (χ2v) is 4.98. The molecule has 106 valence electrons. The number of rotatable bonds is 4. The quantitative estimate of drug-likeness (QED) is 0.891. The van der Waals surface area contributed by atoms with Crippen LogP contribution < -0.4 is 0 Å². The lowest BCUT2D eigenvalue weighted by atomic mass is 9.94. The molecule has 1 aromatic carbocycles. The van der Waals surface area contributed by atoms with Crippen LogP contribution >= 0.6 is 0 Å². The van der Waals surface area contributed by atoms with Gasteiger partial charge in [0.15, 0.2) is 0 Å². The van der Waals surface area contributed by atoms with Gasteiger partial charge in [-0.05, 0) is 36.5 Å². The van der Waals surface area contributed by atoms with Crippen molar-refractivity contribution in [1.82, 2.24) is 0 Å². The Balaban J connectivity index is 2.11. The number of ether oxygens (including phenoxy) is 1. The first-order valence-corrected chi connectivity index (χ1v) is 6.43. The molecule has 2 rings (SSSR count). The third-order valence-electron chi connectivity index (χ3n) is 3.48. The number of phenolic OH excluding ortho intramolecular Hbond substituents is 1. The van der Waals surface area contributed by atoms with E-state index in [1.807, 2.05) is 0 Å². The van der Waals surface area contributed by atoms with Crippen LogP contribution in [0.3, 0.4) is 0 Å². The summed E-state index contributed by atoms with van der Waals surface area (Å²) in [5.41, 5.74) is 0.703. The summed E-state index contributed by atoms with van der Waals surface area (Å²) in [5, 5.41) is 9.24. The predicted octanol–water partition coefficient (Wildman–Crippen LogP) is 4.20. The molecule has 1 unspecified atom stereocenters. The van der Waals surface area contributed by atoms with Gasteiger partial charge < -0.3 is 9.84 Å². The van der Waals surface area contributed by atoms with Gasteiger partial charge in [-0.2, -0.15) is 13.2 Å². The van der Waals surface area contributed by atoms with Gasteiger partial charge in [-0.1, -0.05) is 25.0 Å². The molecule has 1 atom stereocenters. The van der Waals surface area contributed by atoms with E-state index in [2.05, 4.69) is 0 Å². The molecule has 0 aromatic heterocycles. The molecular formula is C14H17F3O2. The van der Waals surface area contributed by atoms with E-state index in [1.165, 1.54) is 12.1 Å². The number of hydrogen-bond donors (Lipinski definition) is 1. The van der Waals surface area contributed by atoms with Gasteiger partial charge in [-0.3, -0.25) is 0 Å². The maximum atomic E-state index is 12.3. The zero-order valence-corrected chi connectivity index (χ0v) is 10.5. The highest BCUT2D eigenvalue weighted by Crippen LogP contribution is 2.39. The molecular weight excluding hydrogens is 257 g/mol. The zero-order chi connectivity index (χ0) is 13.9. The molecule has 0 radical (unpaired) electrons. The van der Waals surface area contributed by atoms with Gasteiger partial charge in [0.05, 0.1) is 6.10 Å².